The van der Waals surface area contributed by atoms with Crippen LogP contribution >= 0.6 is 0 Å². The van der Waals surface area contributed by atoms with Crippen molar-refractivity contribution in [2.75, 3.05) is 0 Å². The molecule has 0 aliphatic heterocycles. The summed E-state index contributed by atoms with van der Waals surface area (Å²) in [5.41, 5.74) is 2.99. The van der Waals surface area contributed by atoms with Gasteiger partial charge in [0.25, 0.3) is 0 Å². The number of hydrogen-bond acceptors (Lipinski definition) is 5. The molecule has 0 aromatic carbocycles. The Morgan fingerprint density at radius 3 is 2.76 bits per heavy atom. The van der Waals surface area contributed by atoms with E-state index in [-0.39, 0.29) is 0 Å². The van der Waals surface area contributed by atoms with Crippen molar-refractivity contribution in [3.8, 4) is 0 Å². The van der Waals surface area contributed by atoms with E-state index in [1.807, 2.05) is 19.9 Å². The van der Waals surface area contributed by atoms with E-state index < -0.39 is 6.10 Å². The molecule has 0 saturated carbocycles. The van der Waals surface area contributed by atoms with Gasteiger partial charge in [-0.25, -0.2) is 4.68 Å². The zero-order valence-corrected chi connectivity index (χ0v) is 10.1. The molecule has 0 saturated heterocycles. The average molecular weight is 233 g/mol. The number of aliphatic hydroxyl groups excluding tert-OH is 1. The summed E-state index contributed by atoms with van der Waals surface area (Å²) in [7, 11) is 1.75. The van der Waals surface area contributed by atoms with Gasteiger partial charge < -0.3 is 5.11 Å². The quantitative estimate of drug-likeness (QED) is 0.838. The number of rotatable bonds is 3. The lowest BCUT2D eigenvalue weighted by molar-refractivity contribution is 0.207. The molecule has 0 fully saturated rings. The third-order valence-electron chi connectivity index (χ3n) is 2.69. The molecule has 0 amide bonds. The van der Waals surface area contributed by atoms with E-state index in [4.69, 9.17) is 0 Å². The predicted molar refractivity (Wildman–Crippen MR) is 61.2 cm³/mol. The van der Waals surface area contributed by atoms with Gasteiger partial charge in [0.15, 0.2) is 0 Å². The van der Waals surface area contributed by atoms with Crippen molar-refractivity contribution in [3.05, 3.63) is 34.9 Å². The van der Waals surface area contributed by atoms with Gasteiger partial charge >= 0.3 is 0 Å². The summed E-state index contributed by atoms with van der Waals surface area (Å²) in [6.45, 7) is 3.83. The number of aliphatic hydroxyl groups is 1. The maximum absolute atomic E-state index is 10.3. The van der Waals surface area contributed by atoms with Crippen molar-refractivity contribution in [3.63, 3.8) is 0 Å². The van der Waals surface area contributed by atoms with E-state index >= 15 is 0 Å². The molecule has 0 spiro atoms. The second kappa shape index (κ2) is 4.58. The van der Waals surface area contributed by atoms with E-state index in [2.05, 4.69) is 20.5 Å². The second-order valence-corrected chi connectivity index (χ2v) is 3.93. The molecular weight excluding hydrogens is 218 g/mol. The first kappa shape index (κ1) is 11.7. The molecule has 0 radical (unpaired) electrons. The van der Waals surface area contributed by atoms with Gasteiger partial charge in [0.2, 0.25) is 0 Å². The monoisotopic (exact) mass is 233 g/mol. The molecule has 2 rings (SSSR count). The maximum Gasteiger partial charge on any atom is 0.124 e. The molecular formula is C11H15N5O. The highest BCUT2D eigenvalue weighted by Gasteiger charge is 2.19. The van der Waals surface area contributed by atoms with Crippen molar-refractivity contribution in [2.24, 2.45) is 7.05 Å². The molecule has 17 heavy (non-hydrogen) atoms. The molecule has 0 aliphatic carbocycles. The number of aromatic nitrogens is 5. The number of aryl methyl sites for hydroxylation is 3. The van der Waals surface area contributed by atoms with Crippen LogP contribution in [0.25, 0.3) is 0 Å². The van der Waals surface area contributed by atoms with Crippen LogP contribution in [0.4, 0.5) is 0 Å². The van der Waals surface area contributed by atoms with Crippen molar-refractivity contribution in [2.45, 2.75) is 26.4 Å². The molecule has 6 heteroatoms. The van der Waals surface area contributed by atoms with E-state index in [0.717, 1.165) is 23.4 Å². The fraction of sp³-hybridized carbons (Fsp3) is 0.455. The summed E-state index contributed by atoms with van der Waals surface area (Å²) in [4.78, 5) is 0. The Bertz CT molecular complexity index is 522. The summed E-state index contributed by atoms with van der Waals surface area (Å²) >= 11 is 0. The van der Waals surface area contributed by atoms with Crippen LogP contribution in [0.1, 0.15) is 35.7 Å². The van der Waals surface area contributed by atoms with Crippen LogP contribution in [0.3, 0.4) is 0 Å². The fourth-order valence-electron chi connectivity index (χ4n) is 1.75. The lowest BCUT2D eigenvalue weighted by Crippen LogP contribution is -2.11. The van der Waals surface area contributed by atoms with Gasteiger partial charge in [-0.2, -0.15) is 10.2 Å². The Balaban J connectivity index is 2.46. The Morgan fingerprint density at radius 2 is 2.18 bits per heavy atom. The van der Waals surface area contributed by atoms with Gasteiger partial charge in [-0.15, -0.1) is 5.10 Å². The first-order chi connectivity index (χ1) is 8.13. The van der Waals surface area contributed by atoms with E-state index in [1.54, 1.807) is 17.9 Å². The third kappa shape index (κ3) is 2.16. The molecule has 2 aromatic rings. The van der Waals surface area contributed by atoms with Gasteiger partial charge in [-0.3, -0.25) is 0 Å². The number of nitrogens with zero attached hydrogens (tertiary/aromatic N) is 5. The minimum atomic E-state index is -0.765. The van der Waals surface area contributed by atoms with Crippen LogP contribution in [0, 0.1) is 6.92 Å². The van der Waals surface area contributed by atoms with Gasteiger partial charge in [-0.05, 0) is 19.4 Å². The van der Waals surface area contributed by atoms with Crippen LogP contribution in [0.5, 0.6) is 0 Å². The summed E-state index contributed by atoms with van der Waals surface area (Å²) < 4.78 is 1.56. The standard InChI is InChI=1S/C11H15N5O/c1-4-9-8(5-7(2)13-14-9)11(17)10-6-12-15-16(10)3/h5-6,11,17H,4H2,1-3H3. The van der Waals surface area contributed by atoms with E-state index in [9.17, 15) is 5.11 Å². The predicted octanol–water partition coefficient (Wildman–Crippen LogP) is 0.558. The minimum Gasteiger partial charge on any atom is -0.382 e. The molecule has 6 nitrogen and oxygen atoms in total. The molecule has 1 N–H and O–H groups in total. The van der Waals surface area contributed by atoms with Crippen LogP contribution in [0.15, 0.2) is 12.3 Å². The lowest BCUT2D eigenvalue weighted by atomic mass is 10.0. The lowest BCUT2D eigenvalue weighted by Gasteiger charge is -2.13. The minimum absolute atomic E-state index is 0.645. The van der Waals surface area contributed by atoms with Gasteiger partial charge in [-0.1, -0.05) is 12.1 Å². The normalized spacial score (nSPS) is 12.7. The zero-order valence-electron chi connectivity index (χ0n) is 10.1. The molecule has 0 bridgehead atoms. The summed E-state index contributed by atoms with van der Waals surface area (Å²) in [6, 6.07) is 1.85. The van der Waals surface area contributed by atoms with Crippen LogP contribution in [-0.2, 0) is 13.5 Å². The fourth-order valence-corrected chi connectivity index (χ4v) is 1.75. The first-order valence-electron chi connectivity index (χ1n) is 5.49. The maximum atomic E-state index is 10.3. The summed E-state index contributed by atoms with van der Waals surface area (Å²) in [6.07, 6.45) is 1.52. The third-order valence-corrected chi connectivity index (χ3v) is 2.69. The zero-order chi connectivity index (χ0) is 12.4. The van der Waals surface area contributed by atoms with Crippen LogP contribution < -0.4 is 0 Å². The summed E-state index contributed by atoms with van der Waals surface area (Å²) in [5.74, 6) is 0. The van der Waals surface area contributed by atoms with Crippen LogP contribution in [-0.4, -0.2) is 30.3 Å². The van der Waals surface area contributed by atoms with Gasteiger partial charge in [0.1, 0.15) is 6.10 Å². The smallest absolute Gasteiger partial charge is 0.124 e. The largest absolute Gasteiger partial charge is 0.382 e. The highest BCUT2D eigenvalue weighted by Crippen LogP contribution is 2.23. The molecule has 2 heterocycles. The Labute approximate surface area is 99.3 Å². The SMILES string of the molecule is CCc1nnc(C)cc1C(O)c1cnnn1C. The molecule has 1 atom stereocenters. The van der Waals surface area contributed by atoms with Crippen molar-refractivity contribution in [1.29, 1.82) is 0 Å². The van der Waals surface area contributed by atoms with Crippen molar-refractivity contribution >= 4 is 0 Å². The van der Waals surface area contributed by atoms with Gasteiger partial charge in [0.05, 0.1) is 23.3 Å². The van der Waals surface area contributed by atoms with Crippen molar-refractivity contribution < 1.29 is 5.11 Å². The molecule has 1 unspecified atom stereocenters. The van der Waals surface area contributed by atoms with Crippen molar-refractivity contribution in [1.82, 2.24) is 25.2 Å². The molecule has 0 aliphatic rings. The molecule has 90 valence electrons. The first-order valence-corrected chi connectivity index (χ1v) is 5.49. The topological polar surface area (TPSA) is 76.7 Å². The van der Waals surface area contributed by atoms with Crippen LogP contribution in [0.2, 0.25) is 0 Å². The number of hydrogen-bond donors (Lipinski definition) is 1. The average Bonchev–Trinajstić information content (AvgIpc) is 2.74. The Kier molecular flexibility index (Phi) is 3.14. The van der Waals surface area contributed by atoms with E-state index in [0.29, 0.717) is 5.69 Å². The van der Waals surface area contributed by atoms with Gasteiger partial charge in [0, 0.05) is 12.6 Å². The van der Waals surface area contributed by atoms with E-state index in [1.165, 1.54) is 0 Å². The second-order valence-electron chi connectivity index (χ2n) is 3.93. The summed E-state index contributed by atoms with van der Waals surface area (Å²) in [5, 5.41) is 26.0. The Morgan fingerprint density at radius 1 is 1.41 bits per heavy atom. The molecule has 2 aromatic heterocycles. The highest BCUT2D eigenvalue weighted by atomic mass is 16.3. The Hall–Kier alpha value is -1.82. The highest BCUT2D eigenvalue weighted by molar-refractivity contribution is 5.28.